The van der Waals surface area contributed by atoms with Crippen LogP contribution in [0.2, 0.25) is 0 Å². The fourth-order valence-electron chi connectivity index (χ4n) is 1.64. The van der Waals surface area contributed by atoms with Crippen molar-refractivity contribution in [2.45, 2.75) is 33.7 Å². The second kappa shape index (κ2) is 4.80. The van der Waals surface area contributed by atoms with E-state index < -0.39 is 0 Å². The highest BCUT2D eigenvalue weighted by Crippen LogP contribution is 2.24. The summed E-state index contributed by atoms with van der Waals surface area (Å²) in [4.78, 5) is 2.35. The Labute approximate surface area is 94.2 Å². The fraction of sp³-hybridized carbons (Fsp3) is 0.571. The molecule has 0 radical (unpaired) electrons. The maximum Gasteiger partial charge on any atom is 0.0316 e. The van der Waals surface area contributed by atoms with Gasteiger partial charge in [-0.05, 0) is 26.1 Å². The molecule has 1 aliphatic carbocycles. The topological polar surface area (TPSA) is 3.24 Å². The summed E-state index contributed by atoms with van der Waals surface area (Å²) >= 11 is 0. The Hall–Kier alpha value is -0.820. The third-order valence-corrected chi connectivity index (χ3v) is 3.16. The maximum absolute atomic E-state index is 2.35. The molecule has 0 spiro atoms. The van der Waals surface area contributed by atoms with Crippen molar-refractivity contribution in [2.24, 2.45) is 5.41 Å². The fourth-order valence-corrected chi connectivity index (χ4v) is 1.64. The first-order chi connectivity index (χ1) is 6.96. The monoisotopic (exact) mass is 205 g/mol. The molecule has 1 nitrogen and oxygen atoms in total. The summed E-state index contributed by atoms with van der Waals surface area (Å²) in [5.41, 5.74) is 1.57. The van der Waals surface area contributed by atoms with E-state index in [9.17, 15) is 0 Å². The SMILES string of the molecule is CCN(C)[C@H](C)C1=CC=CC(C)(C)C=C1. The van der Waals surface area contributed by atoms with Crippen LogP contribution in [0.25, 0.3) is 0 Å². The van der Waals surface area contributed by atoms with E-state index in [4.69, 9.17) is 0 Å². The standard InChI is InChI=1S/C14H23N/c1-6-15(5)12(2)13-8-7-10-14(3,4)11-9-13/h7-12H,6H2,1-5H3/t12-/m1/s1. The molecule has 1 aliphatic rings. The zero-order valence-corrected chi connectivity index (χ0v) is 10.6. The van der Waals surface area contributed by atoms with Crippen molar-refractivity contribution >= 4 is 0 Å². The second-order valence-electron chi connectivity index (χ2n) is 4.93. The quantitative estimate of drug-likeness (QED) is 0.682. The highest BCUT2D eigenvalue weighted by Gasteiger charge is 2.14. The summed E-state index contributed by atoms with van der Waals surface area (Å²) < 4.78 is 0. The van der Waals surface area contributed by atoms with E-state index in [0.29, 0.717) is 6.04 Å². The van der Waals surface area contributed by atoms with E-state index in [2.05, 4.69) is 70.0 Å². The van der Waals surface area contributed by atoms with E-state index >= 15 is 0 Å². The molecule has 1 heteroatoms. The Balaban J connectivity index is 2.81. The molecule has 1 atom stereocenters. The Bertz CT molecular complexity index is 294. The lowest BCUT2D eigenvalue weighted by Crippen LogP contribution is -2.29. The third-order valence-electron chi connectivity index (χ3n) is 3.16. The van der Waals surface area contributed by atoms with E-state index in [0.717, 1.165) is 6.54 Å². The highest BCUT2D eigenvalue weighted by molar-refractivity contribution is 5.33. The van der Waals surface area contributed by atoms with E-state index in [1.165, 1.54) is 5.57 Å². The van der Waals surface area contributed by atoms with Gasteiger partial charge in [-0.3, -0.25) is 4.90 Å². The molecule has 15 heavy (non-hydrogen) atoms. The summed E-state index contributed by atoms with van der Waals surface area (Å²) in [5, 5.41) is 0. The number of allylic oxidation sites excluding steroid dienone is 4. The average molecular weight is 205 g/mol. The predicted molar refractivity (Wildman–Crippen MR) is 67.9 cm³/mol. The average Bonchev–Trinajstić information content (AvgIpc) is 2.37. The first kappa shape index (κ1) is 12.3. The molecule has 0 saturated carbocycles. The van der Waals surface area contributed by atoms with Crippen LogP contribution in [-0.4, -0.2) is 24.5 Å². The minimum absolute atomic E-state index is 0.183. The minimum atomic E-state index is 0.183. The van der Waals surface area contributed by atoms with Crippen LogP contribution in [0.1, 0.15) is 27.7 Å². The molecule has 0 N–H and O–H groups in total. The minimum Gasteiger partial charge on any atom is -0.300 e. The molecular formula is C14H23N. The second-order valence-corrected chi connectivity index (χ2v) is 4.93. The van der Waals surface area contributed by atoms with Gasteiger partial charge in [0.1, 0.15) is 0 Å². The van der Waals surface area contributed by atoms with Crippen molar-refractivity contribution in [3.63, 3.8) is 0 Å². The molecule has 0 bridgehead atoms. The zero-order valence-electron chi connectivity index (χ0n) is 10.6. The van der Waals surface area contributed by atoms with Gasteiger partial charge in [0.15, 0.2) is 0 Å². The smallest absolute Gasteiger partial charge is 0.0316 e. The number of rotatable bonds is 3. The number of hydrogen-bond donors (Lipinski definition) is 0. The van der Waals surface area contributed by atoms with Crippen molar-refractivity contribution in [3.05, 3.63) is 36.0 Å². The molecular weight excluding hydrogens is 182 g/mol. The summed E-state index contributed by atoms with van der Waals surface area (Å²) in [6.45, 7) is 9.98. The lowest BCUT2D eigenvalue weighted by Gasteiger charge is -2.24. The van der Waals surface area contributed by atoms with Crippen molar-refractivity contribution in [2.75, 3.05) is 13.6 Å². The van der Waals surface area contributed by atoms with Crippen molar-refractivity contribution in [3.8, 4) is 0 Å². The summed E-state index contributed by atoms with van der Waals surface area (Å²) in [6, 6.07) is 0.491. The lowest BCUT2D eigenvalue weighted by atomic mass is 9.93. The molecule has 0 heterocycles. The Morgan fingerprint density at radius 2 is 2.00 bits per heavy atom. The van der Waals surface area contributed by atoms with E-state index in [1.807, 2.05) is 0 Å². The van der Waals surface area contributed by atoms with E-state index in [-0.39, 0.29) is 5.41 Å². The third kappa shape index (κ3) is 3.35. The predicted octanol–water partition coefficient (Wildman–Crippen LogP) is 3.41. The van der Waals surface area contributed by atoms with Gasteiger partial charge in [0.25, 0.3) is 0 Å². The van der Waals surface area contributed by atoms with Gasteiger partial charge in [0.2, 0.25) is 0 Å². The molecule has 0 aromatic rings. The van der Waals surface area contributed by atoms with Crippen LogP contribution in [0.3, 0.4) is 0 Å². The van der Waals surface area contributed by atoms with Gasteiger partial charge in [0.05, 0.1) is 0 Å². The highest BCUT2D eigenvalue weighted by atomic mass is 15.1. The van der Waals surface area contributed by atoms with Gasteiger partial charge < -0.3 is 0 Å². The van der Waals surface area contributed by atoms with Gasteiger partial charge in [0, 0.05) is 11.5 Å². The number of nitrogens with zero attached hydrogens (tertiary/aromatic N) is 1. The first-order valence-electron chi connectivity index (χ1n) is 5.75. The van der Waals surface area contributed by atoms with Crippen molar-refractivity contribution in [1.82, 2.24) is 4.90 Å². The van der Waals surface area contributed by atoms with Crippen LogP contribution in [0.15, 0.2) is 36.0 Å². The molecule has 84 valence electrons. The zero-order chi connectivity index (χ0) is 11.5. The molecule has 0 aliphatic heterocycles. The van der Waals surface area contributed by atoms with Crippen LogP contribution in [0.5, 0.6) is 0 Å². The van der Waals surface area contributed by atoms with Crippen molar-refractivity contribution < 1.29 is 0 Å². The normalized spacial score (nSPS) is 21.3. The summed E-state index contributed by atoms with van der Waals surface area (Å²) in [5.74, 6) is 0. The first-order valence-corrected chi connectivity index (χ1v) is 5.75. The Morgan fingerprint density at radius 3 is 2.60 bits per heavy atom. The van der Waals surface area contributed by atoms with Crippen LogP contribution in [-0.2, 0) is 0 Å². The van der Waals surface area contributed by atoms with Gasteiger partial charge in [-0.1, -0.05) is 51.2 Å². The number of hydrogen-bond acceptors (Lipinski definition) is 1. The largest absolute Gasteiger partial charge is 0.300 e. The van der Waals surface area contributed by atoms with Crippen LogP contribution >= 0.6 is 0 Å². The lowest BCUT2D eigenvalue weighted by molar-refractivity contribution is 0.306. The van der Waals surface area contributed by atoms with Crippen LogP contribution in [0.4, 0.5) is 0 Å². The van der Waals surface area contributed by atoms with Crippen molar-refractivity contribution in [1.29, 1.82) is 0 Å². The molecule has 0 aromatic heterocycles. The Kier molecular flexibility index (Phi) is 3.92. The molecule has 0 unspecified atom stereocenters. The van der Waals surface area contributed by atoms with E-state index in [1.54, 1.807) is 0 Å². The maximum atomic E-state index is 2.35. The molecule has 0 aromatic carbocycles. The van der Waals surface area contributed by atoms with Gasteiger partial charge >= 0.3 is 0 Å². The Morgan fingerprint density at radius 1 is 1.33 bits per heavy atom. The number of likely N-dealkylation sites (N-methyl/N-ethyl adjacent to an activating group) is 1. The van der Waals surface area contributed by atoms with Gasteiger partial charge in [-0.2, -0.15) is 0 Å². The summed E-state index contributed by atoms with van der Waals surface area (Å²) in [6.07, 6.45) is 11.2. The summed E-state index contributed by atoms with van der Waals surface area (Å²) in [7, 11) is 2.17. The molecule has 1 rings (SSSR count). The van der Waals surface area contributed by atoms with Gasteiger partial charge in [-0.25, -0.2) is 0 Å². The molecule has 0 fully saturated rings. The van der Waals surface area contributed by atoms with Crippen LogP contribution < -0.4 is 0 Å². The van der Waals surface area contributed by atoms with Crippen LogP contribution in [0, 0.1) is 5.41 Å². The van der Waals surface area contributed by atoms with Gasteiger partial charge in [-0.15, -0.1) is 0 Å². The molecule has 0 amide bonds. The molecule has 0 saturated heterocycles.